The van der Waals surface area contributed by atoms with Gasteiger partial charge in [0, 0.05) is 17.7 Å². The van der Waals surface area contributed by atoms with Crippen molar-refractivity contribution in [3.63, 3.8) is 0 Å². The number of rotatable bonds is 5. The average Bonchev–Trinajstić information content (AvgIpc) is 2.46. The molecular weight excluding hydrogens is 305 g/mol. The van der Waals surface area contributed by atoms with Crippen LogP contribution in [0.1, 0.15) is 28.4 Å². The zero-order valence-corrected chi connectivity index (χ0v) is 13.1. The summed E-state index contributed by atoms with van der Waals surface area (Å²) < 4.78 is 40.5. The lowest BCUT2D eigenvalue weighted by atomic mass is 10.1. The maximum atomic E-state index is 13.7. The van der Waals surface area contributed by atoms with Crippen LogP contribution in [0.3, 0.4) is 0 Å². The van der Waals surface area contributed by atoms with Crippen molar-refractivity contribution >= 4 is 15.8 Å². The van der Waals surface area contributed by atoms with Gasteiger partial charge in [-0.2, -0.15) is 0 Å². The summed E-state index contributed by atoms with van der Waals surface area (Å²) in [6.45, 7) is 2.96. The molecular formula is C16H16FNO3S. The van der Waals surface area contributed by atoms with Crippen LogP contribution in [0.2, 0.25) is 0 Å². The monoisotopic (exact) mass is 321 g/mol. The molecule has 0 heterocycles. The number of Topliss-reactive ketones (excluding diaryl/α,β-unsaturated/α-hetero) is 1. The molecule has 0 aliphatic heterocycles. The maximum Gasteiger partial charge on any atom is 0.240 e. The summed E-state index contributed by atoms with van der Waals surface area (Å²) in [5, 5.41) is 0. The smallest absolute Gasteiger partial charge is 0.240 e. The van der Waals surface area contributed by atoms with E-state index in [1.165, 1.54) is 31.2 Å². The molecule has 0 unspecified atom stereocenters. The van der Waals surface area contributed by atoms with Gasteiger partial charge in [0.2, 0.25) is 10.0 Å². The van der Waals surface area contributed by atoms with E-state index in [0.717, 1.165) is 5.56 Å². The van der Waals surface area contributed by atoms with E-state index in [1.54, 1.807) is 25.1 Å². The van der Waals surface area contributed by atoms with Gasteiger partial charge >= 0.3 is 0 Å². The Morgan fingerprint density at radius 3 is 2.55 bits per heavy atom. The third-order valence-electron chi connectivity index (χ3n) is 3.21. The van der Waals surface area contributed by atoms with Gasteiger partial charge in [-0.1, -0.05) is 24.3 Å². The molecule has 2 aromatic rings. The molecule has 0 saturated heterocycles. The van der Waals surface area contributed by atoms with Gasteiger partial charge in [0.1, 0.15) is 5.82 Å². The van der Waals surface area contributed by atoms with E-state index in [9.17, 15) is 17.6 Å². The van der Waals surface area contributed by atoms with Crippen LogP contribution in [0.25, 0.3) is 0 Å². The first-order chi connectivity index (χ1) is 10.3. The summed E-state index contributed by atoms with van der Waals surface area (Å²) in [4.78, 5) is 11.3. The van der Waals surface area contributed by atoms with Crippen LogP contribution in [0.15, 0.2) is 47.4 Å². The molecule has 0 fully saturated rings. The van der Waals surface area contributed by atoms with Crippen molar-refractivity contribution < 1.29 is 17.6 Å². The molecule has 0 aromatic heterocycles. The number of benzene rings is 2. The second kappa shape index (κ2) is 6.37. The van der Waals surface area contributed by atoms with E-state index in [-0.39, 0.29) is 22.8 Å². The number of hydrogen-bond donors (Lipinski definition) is 1. The first-order valence-electron chi connectivity index (χ1n) is 6.65. The normalized spacial score (nSPS) is 11.4. The fourth-order valence-electron chi connectivity index (χ4n) is 1.93. The largest absolute Gasteiger partial charge is 0.295 e. The van der Waals surface area contributed by atoms with Crippen LogP contribution in [-0.4, -0.2) is 14.2 Å². The maximum absolute atomic E-state index is 13.7. The second-order valence-corrected chi connectivity index (χ2v) is 6.77. The summed E-state index contributed by atoms with van der Waals surface area (Å²) in [7, 11) is -3.81. The molecule has 4 nitrogen and oxygen atoms in total. The van der Waals surface area contributed by atoms with Gasteiger partial charge in [0.15, 0.2) is 5.78 Å². The lowest BCUT2D eigenvalue weighted by Gasteiger charge is -2.09. The van der Waals surface area contributed by atoms with Crippen molar-refractivity contribution in [2.45, 2.75) is 25.3 Å². The van der Waals surface area contributed by atoms with E-state index in [2.05, 4.69) is 4.72 Å². The Bertz CT molecular complexity index is 816. The first-order valence-corrected chi connectivity index (χ1v) is 8.13. The molecule has 0 atom stereocenters. The molecule has 2 rings (SSSR count). The number of hydrogen-bond acceptors (Lipinski definition) is 3. The standard InChI is InChI=1S/C16H16FNO3S/c1-11-6-7-14(16(17)8-11)10-18-22(20,21)15-5-3-4-13(9-15)12(2)19/h3-9,18H,10H2,1-2H3. The van der Waals surface area contributed by atoms with Gasteiger partial charge in [-0.3, -0.25) is 4.79 Å². The number of carbonyl (C=O) groups excluding carboxylic acids is 1. The number of sulfonamides is 1. The molecule has 22 heavy (non-hydrogen) atoms. The van der Waals surface area contributed by atoms with Crippen LogP contribution in [-0.2, 0) is 16.6 Å². The van der Waals surface area contributed by atoms with Crippen LogP contribution >= 0.6 is 0 Å². The summed E-state index contributed by atoms with van der Waals surface area (Å²) >= 11 is 0. The van der Waals surface area contributed by atoms with Crippen molar-refractivity contribution in [3.05, 3.63) is 65.0 Å². The van der Waals surface area contributed by atoms with Crippen molar-refractivity contribution in [2.24, 2.45) is 0 Å². The SMILES string of the molecule is CC(=O)c1cccc(S(=O)(=O)NCc2ccc(C)cc2F)c1. The van der Waals surface area contributed by atoms with Gasteiger partial charge in [0.05, 0.1) is 4.90 Å². The Balaban J connectivity index is 2.21. The highest BCUT2D eigenvalue weighted by molar-refractivity contribution is 7.89. The zero-order valence-electron chi connectivity index (χ0n) is 12.3. The van der Waals surface area contributed by atoms with E-state index in [1.807, 2.05) is 0 Å². The number of aryl methyl sites for hydroxylation is 1. The summed E-state index contributed by atoms with van der Waals surface area (Å²) in [6, 6.07) is 10.3. The number of ketones is 1. The van der Waals surface area contributed by atoms with E-state index < -0.39 is 15.8 Å². The van der Waals surface area contributed by atoms with Crippen LogP contribution in [0.5, 0.6) is 0 Å². The van der Waals surface area contributed by atoms with Gasteiger partial charge in [0.25, 0.3) is 0 Å². The predicted molar refractivity (Wildman–Crippen MR) is 81.6 cm³/mol. The molecule has 0 bridgehead atoms. The Morgan fingerprint density at radius 1 is 1.18 bits per heavy atom. The van der Waals surface area contributed by atoms with Crippen LogP contribution < -0.4 is 4.72 Å². The Morgan fingerprint density at radius 2 is 1.91 bits per heavy atom. The summed E-state index contributed by atoms with van der Waals surface area (Å²) in [6.07, 6.45) is 0. The summed E-state index contributed by atoms with van der Waals surface area (Å²) in [5.74, 6) is -0.679. The number of nitrogens with one attached hydrogen (secondary N) is 1. The lowest BCUT2D eigenvalue weighted by molar-refractivity contribution is 0.101. The minimum absolute atomic E-state index is 0.0206. The molecule has 0 amide bonds. The fourth-order valence-corrected chi connectivity index (χ4v) is 2.99. The number of carbonyl (C=O) groups is 1. The first kappa shape index (κ1) is 16.3. The van der Waals surface area contributed by atoms with Gasteiger partial charge < -0.3 is 0 Å². The molecule has 0 spiro atoms. The average molecular weight is 321 g/mol. The Labute approximate surface area is 129 Å². The van der Waals surface area contributed by atoms with Crippen LogP contribution in [0, 0.1) is 12.7 Å². The minimum atomic E-state index is -3.81. The molecule has 6 heteroatoms. The third kappa shape index (κ3) is 3.78. The van der Waals surface area contributed by atoms with Crippen molar-refractivity contribution in [3.8, 4) is 0 Å². The van der Waals surface area contributed by atoms with Crippen molar-refractivity contribution in [1.29, 1.82) is 0 Å². The highest BCUT2D eigenvalue weighted by Crippen LogP contribution is 2.14. The zero-order chi connectivity index (χ0) is 16.3. The molecule has 116 valence electrons. The number of halogens is 1. The molecule has 1 N–H and O–H groups in total. The van der Waals surface area contributed by atoms with Crippen LogP contribution in [0.4, 0.5) is 4.39 Å². The topological polar surface area (TPSA) is 63.2 Å². The van der Waals surface area contributed by atoms with E-state index in [4.69, 9.17) is 0 Å². The second-order valence-electron chi connectivity index (χ2n) is 5.00. The quantitative estimate of drug-likeness (QED) is 0.861. The lowest BCUT2D eigenvalue weighted by Crippen LogP contribution is -2.24. The Kier molecular flexibility index (Phi) is 4.73. The molecule has 2 aromatic carbocycles. The van der Waals surface area contributed by atoms with E-state index in [0.29, 0.717) is 5.56 Å². The van der Waals surface area contributed by atoms with Crippen molar-refractivity contribution in [2.75, 3.05) is 0 Å². The molecule has 0 aliphatic carbocycles. The van der Waals surface area contributed by atoms with Gasteiger partial charge in [-0.05, 0) is 37.6 Å². The third-order valence-corrected chi connectivity index (χ3v) is 4.61. The van der Waals surface area contributed by atoms with Gasteiger partial charge in [-0.25, -0.2) is 17.5 Å². The van der Waals surface area contributed by atoms with E-state index >= 15 is 0 Å². The minimum Gasteiger partial charge on any atom is -0.295 e. The fraction of sp³-hybridized carbons (Fsp3) is 0.188. The summed E-state index contributed by atoms with van der Waals surface area (Å²) in [5.41, 5.74) is 1.33. The molecule has 0 radical (unpaired) electrons. The highest BCUT2D eigenvalue weighted by Gasteiger charge is 2.16. The molecule has 0 aliphatic rings. The van der Waals surface area contributed by atoms with Gasteiger partial charge in [-0.15, -0.1) is 0 Å². The van der Waals surface area contributed by atoms with Crippen molar-refractivity contribution in [1.82, 2.24) is 4.72 Å². The predicted octanol–water partition coefficient (Wildman–Crippen LogP) is 2.82. The highest BCUT2D eigenvalue weighted by atomic mass is 32.2. The molecule has 0 saturated carbocycles. The Hall–Kier alpha value is -2.05.